The van der Waals surface area contributed by atoms with Gasteiger partial charge in [-0.15, -0.1) is 0 Å². The predicted octanol–water partition coefficient (Wildman–Crippen LogP) is 1.63. The molecule has 0 radical (unpaired) electrons. The van der Waals surface area contributed by atoms with E-state index in [0.717, 1.165) is 52.1 Å². The minimum Gasteiger partial charge on any atom is -0.356 e. The van der Waals surface area contributed by atoms with Crippen molar-refractivity contribution in [1.82, 2.24) is 15.1 Å². The Bertz CT molecular complexity index is 258. The highest BCUT2D eigenvalue weighted by Crippen LogP contribution is 1.97. The number of piperazine rings is 1. The normalized spacial score (nSPS) is 13.2. The molecule has 1 heterocycles. The van der Waals surface area contributed by atoms with Crippen molar-refractivity contribution in [3.63, 3.8) is 0 Å². The van der Waals surface area contributed by atoms with Gasteiger partial charge >= 0.3 is 0 Å². The monoisotopic (exact) mass is 348 g/mol. The van der Waals surface area contributed by atoms with Crippen LogP contribution in [0.25, 0.3) is 0 Å². The molecule has 1 aliphatic heterocycles. The summed E-state index contributed by atoms with van der Waals surface area (Å²) in [7, 11) is 0. The number of carbonyl (C=O) groups excluding carboxylic acids is 2. The van der Waals surface area contributed by atoms with Crippen molar-refractivity contribution in [2.45, 2.75) is 54.4 Å². The summed E-state index contributed by atoms with van der Waals surface area (Å²) in [6.45, 7) is 17.6. The first-order chi connectivity index (χ1) is 11.7. The summed E-state index contributed by atoms with van der Waals surface area (Å²) in [5.41, 5.74) is 0. The summed E-state index contributed by atoms with van der Waals surface area (Å²) in [6, 6.07) is 0. The molecule has 7 heteroatoms. The molecule has 3 N–H and O–H groups in total. The van der Waals surface area contributed by atoms with Gasteiger partial charge in [-0.25, -0.2) is 5.90 Å². The van der Waals surface area contributed by atoms with Crippen LogP contribution in [0.3, 0.4) is 0 Å². The van der Waals surface area contributed by atoms with E-state index in [1.165, 1.54) is 0 Å². The van der Waals surface area contributed by atoms with Crippen molar-refractivity contribution in [1.29, 1.82) is 0 Å². The molecule has 1 fully saturated rings. The molecule has 1 aliphatic rings. The highest BCUT2D eigenvalue weighted by molar-refractivity contribution is 5.75. The summed E-state index contributed by atoms with van der Waals surface area (Å²) in [6.07, 6.45) is 2.52. The average Bonchev–Trinajstić information content (AvgIpc) is 2.68. The minimum atomic E-state index is 0.145. The molecule has 146 valence electrons. The SMILES string of the molecule is CC.CC.CCCNC(=O)CC.NOCCN1CCN(C=O)CC1. The van der Waals surface area contributed by atoms with Gasteiger partial charge in [0.2, 0.25) is 12.3 Å². The maximum absolute atomic E-state index is 10.5. The van der Waals surface area contributed by atoms with Gasteiger partial charge in [0.1, 0.15) is 0 Å². The van der Waals surface area contributed by atoms with Crippen LogP contribution in [0.5, 0.6) is 0 Å². The molecule has 0 bridgehead atoms. The van der Waals surface area contributed by atoms with Crippen LogP contribution in [0.15, 0.2) is 0 Å². The number of hydrogen-bond acceptors (Lipinski definition) is 5. The fourth-order valence-electron chi connectivity index (χ4n) is 1.66. The number of amides is 2. The Morgan fingerprint density at radius 1 is 1.12 bits per heavy atom. The number of hydrogen-bond donors (Lipinski definition) is 2. The molecular formula is C17H40N4O3. The van der Waals surface area contributed by atoms with Crippen molar-refractivity contribution in [3.05, 3.63) is 0 Å². The lowest BCUT2D eigenvalue weighted by atomic mass is 10.3. The highest BCUT2D eigenvalue weighted by atomic mass is 16.6. The van der Waals surface area contributed by atoms with E-state index in [2.05, 4.69) is 15.1 Å². The summed E-state index contributed by atoms with van der Waals surface area (Å²) in [4.78, 5) is 29.3. The Morgan fingerprint density at radius 3 is 2.04 bits per heavy atom. The number of carbonyl (C=O) groups is 2. The Kier molecular flexibility index (Phi) is 27.7. The summed E-state index contributed by atoms with van der Waals surface area (Å²) in [5.74, 6) is 5.05. The Labute approximate surface area is 148 Å². The molecule has 0 saturated carbocycles. The molecule has 2 amide bonds. The fraction of sp³-hybridized carbons (Fsp3) is 0.882. The standard InChI is InChI=1S/C7H15N3O2.C6H13NO.2C2H6/c8-12-6-5-9-1-3-10(7-11)4-2-9;1-3-5-7-6(8)4-2;2*1-2/h7H,1-6,8H2;3-5H2,1-2H3,(H,7,8);2*1-2H3. The van der Waals surface area contributed by atoms with Gasteiger partial charge in [-0.1, -0.05) is 41.5 Å². The zero-order chi connectivity index (χ0) is 19.2. The first kappa shape index (κ1) is 27.7. The molecule has 0 aromatic rings. The van der Waals surface area contributed by atoms with Gasteiger partial charge in [-0.2, -0.15) is 0 Å². The van der Waals surface area contributed by atoms with Gasteiger partial charge in [-0.3, -0.25) is 14.5 Å². The molecule has 0 unspecified atom stereocenters. The molecule has 0 spiro atoms. The van der Waals surface area contributed by atoms with E-state index in [-0.39, 0.29) is 5.91 Å². The van der Waals surface area contributed by atoms with Gasteiger partial charge in [0.05, 0.1) is 6.61 Å². The maximum Gasteiger partial charge on any atom is 0.219 e. The minimum absolute atomic E-state index is 0.145. The Hall–Kier alpha value is -1.18. The zero-order valence-electron chi connectivity index (χ0n) is 16.6. The lowest BCUT2D eigenvalue weighted by Crippen LogP contribution is -2.46. The largest absolute Gasteiger partial charge is 0.356 e. The molecule has 1 saturated heterocycles. The first-order valence-electron chi connectivity index (χ1n) is 9.17. The third kappa shape index (κ3) is 18.9. The molecule has 0 aromatic heterocycles. The van der Waals surface area contributed by atoms with E-state index in [1.807, 2.05) is 41.5 Å². The van der Waals surface area contributed by atoms with Crippen LogP contribution in [-0.4, -0.2) is 68.0 Å². The van der Waals surface area contributed by atoms with Crippen molar-refractivity contribution >= 4 is 12.3 Å². The molecule has 7 nitrogen and oxygen atoms in total. The summed E-state index contributed by atoms with van der Waals surface area (Å²) >= 11 is 0. The van der Waals surface area contributed by atoms with Crippen LogP contribution in [0.2, 0.25) is 0 Å². The Balaban J connectivity index is -0.000000321. The van der Waals surface area contributed by atoms with Crippen molar-refractivity contribution < 1.29 is 14.4 Å². The molecule has 24 heavy (non-hydrogen) atoms. The van der Waals surface area contributed by atoms with E-state index in [1.54, 1.807) is 4.90 Å². The van der Waals surface area contributed by atoms with Gasteiger partial charge in [0, 0.05) is 45.7 Å². The average molecular weight is 349 g/mol. The highest BCUT2D eigenvalue weighted by Gasteiger charge is 2.14. The van der Waals surface area contributed by atoms with Crippen LogP contribution < -0.4 is 11.2 Å². The zero-order valence-corrected chi connectivity index (χ0v) is 16.6. The van der Waals surface area contributed by atoms with Crippen LogP contribution in [0.4, 0.5) is 0 Å². The second-order valence-corrected chi connectivity index (χ2v) is 4.56. The van der Waals surface area contributed by atoms with Crippen molar-refractivity contribution in [2.24, 2.45) is 5.90 Å². The topological polar surface area (TPSA) is 87.9 Å². The maximum atomic E-state index is 10.5. The van der Waals surface area contributed by atoms with E-state index < -0.39 is 0 Å². The third-order valence-corrected chi connectivity index (χ3v) is 2.97. The molecule has 0 atom stereocenters. The predicted molar refractivity (Wildman–Crippen MR) is 101 cm³/mol. The van der Waals surface area contributed by atoms with Crippen molar-refractivity contribution in [2.75, 3.05) is 45.9 Å². The van der Waals surface area contributed by atoms with Crippen LogP contribution in [0.1, 0.15) is 54.4 Å². The van der Waals surface area contributed by atoms with E-state index in [9.17, 15) is 9.59 Å². The van der Waals surface area contributed by atoms with E-state index >= 15 is 0 Å². The Morgan fingerprint density at radius 2 is 1.67 bits per heavy atom. The van der Waals surface area contributed by atoms with E-state index in [0.29, 0.717) is 13.0 Å². The molecule has 0 aromatic carbocycles. The van der Waals surface area contributed by atoms with Gasteiger partial charge in [0.25, 0.3) is 0 Å². The fourth-order valence-corrected chi connectivity index (χ4v) is 1.66. The van der Waals surface area contributed by atoms with Gasteiger partial charge < -0.3 is 15.1 Å². The summed E-state index contributed by atoms with van der Waals surface area (Å²) in [5, 5.41) is 2.74. The number of nitrogens with two attached hydrogens (primary N) is 1. The molecule has 1 rings (SSSR count). The lowest BCUT2D eigenvalue weighted by molar-refractivity contribution is -0.121. The molecular weight excluding hydrogens is 308 g/mol. The summed E-state index contributed by atoms with van der Waals surface area (Å²) < 4.78 is 0. The molecule has 0 aliphatic carbocycles. The number of nitrogens with one attached hydrogen (secondary N) is 1. The number of rotatable bonds is 7. The van der Waals surface area contributed by atoms with E-state index in [4.69, 9.17) is 5.90 Å². The third-order valence-electron chi connectivity index (χ3n) is 2.97. The van der Waals surface area contributed by atoms with Crippen LogP contribution in [-0.2, 0) is 14.4 Å². The number of nitrogens with zero attached hydrogens (tertiary/aromatic N) is 2. The van der Waals surface area contributed by atoms with Crippen LogP contribution in [0, 0.1) is 0 Å². The van der Waals surface area contributed by atoms with Gasteiger partial charge in [0.15, 0.2) is 0 Å². The van der Waals surface area contributed by atoms with Crippen LogP contribution >= 0.6 is 0 Å². The second kappa shape index (κ2) is 24.1. The van der Waals surface area contributed by atoms with Gasteiger partial charge in [-0.05, 0) is 6.42 Å². The smallest absolute Gasteiger partial charge is 0.219 e. The van der Waals surface area contributed by atoms with Crippen molar-refractivity contribution in [3.8, 4) is 0 Å². The quantitative estimate of drug-likeness (QED) is 0.539. The first-order valence-corrected chi connectivity index (χ1v) is 9.17. The lowest BCUT2D eigenvalue weighted by Gasteiger charge is -2.32. The second-order valence-electron chi connectivity index (χ2n) is 4.56.